The van der Waals surface area contributed by atoms with Gasteiger partial charge in [-0.05, 0) is 62.3 Å². The van der Waals surface area contributed by atoms with Gasteiger partial charge in [0, 0.05) is 35.0 Å². The van der Waals surface area contributed by atoms with Crippen LogP contribution in [0.2, 0.25) is 5.02 Å². The summed E-state index contributed by atoms with van der Waals surface area (Å²) in [7, 11) is 5.19. The third-order valence-electron chi connectivity index (χ3n) is 7.95. The fourth-order valence-corrected chi connectivity index (χ4v) is 6.10. The highest BCUT2D eigenvalue weighted by molar-refractivity contribution is 6.30. The molecule has 200 valence electrons. The van der Waals surface area contributed by atoms with E-state index in [4.69, 9.17) is 31.8 Å². The van der Waals surface area contributed by atoms with Crippen molar-refractivity contribution in [2.45, 2.75) is 37.0 Å². The van der Waals surface area contributed by atoms with Gasteiger partial charge in [-0.15, -0.1) is 0 Å². The van der Waals surface area contributed by atoms with Crippen molar-refractivity contribution < 1.29 is 9.47 Å². The van der Waals surface area contributed by atoms with Gasteiger partial charge in [-0.25, -0.2) is 4.99 Å². The Bertz CT molecular complexity index is 1310. The number of fused-ring (bicyclic) bond motifs is 1. The highest BCUT2D eigenvalue weighted by Crippen LogP contribution is 2.45. The van der Waals surface area contributed by atoms with E-state index in [1.165, 1.54) is 11.1 Å². The van der Waals surface area contributed by atoms with Crippen molar-refractivity contribution in [2.75, 3.05) is 39.7 Å². The number of methoxy groups -OCH3 is 2. The second kappa shape index (κ2) is 10.8. The van der Waals surface area contributed by atoms with Crippen LogP contribution in [0.4, 0.5) is 5.69 Å². The molecule has 5 rings (SSSR count). The first kappa shape index (κ1) is 26.4. The van der Waals surface area contributed by atoms with Crippen molar-refractivity contribution in [1.29, 1.82) is 0 Å². The van der Waals surface area contributed by atoms with Crippen LogP contribution in [0.1, 0.15) is 36.0 Å². The average Bonchev–Trinajstić information content (AvgIpc) is 2.94. The quantitative estimate of drug-likeness (QED) is 0.378. The Labute approximate surface area is 230 Å². The number of likely N-dealkylation sites (tertiary alicyclic amines) is 1. The van der Waals surface area contributed by atoms with E-state index >= 15 is 0 Å². The Morgan fingerprint density at radius 3 is 2.37 bits per heavy atom. The van der Waals surface area contributed by atoms with Gasteiger partial charge in [0.05, 0.1) is 19.9 Å². The summed E-state index contributed by atoms with van der Waals surface area (Å²) in [4.78, 5) is 7.52. The van der Waals surface area contributed by atoms with Crippen molar-refractivity contribution >= 4 is 23.1 Å². The summed E-state index contributed by atoms with van der Waals surface area (Å²) in [6, 6.07) is 22.8. The summed E-state index contributed by atoms with van der Waals surface area (Å²) in [6.45, 7) is 2.84. The normalized spacial score (nSPS) is 20.7. The lowest BCUT2D eigenvalue weighted by Crippen LogP contribution is -2.57. The van der Waals surface area contributed by atoms with Gasteiger partial charge >= 0.3 is 0 Å². The van der Waals surface area contributed by atoms with E-state index < -0.39 is 5.79 Å². The van der Waals surface area contributed by atoms with Crippen LogP contribution in [0.5, 0.6) is 11.5 Å². The fourth-order valence-electron chi connectivity index (χ4n) is 5.88. The monoisotopic (exact) mass is 533 g/mol. The summed E-state index contributed by atoms with van der Waals surface area (Å²) in [6.07, 6.45) is 2.73. The van der Waals surface area contributed by atoms with Crippen LogP contribution in [-0.4, -0.2) is 50.9 Å². The second-order valence-electron chi connectivity index (χ2n) is 10.2. The molecule has 4 N–H and O–H groups in total. The van der Waals surface area contributed by atoms with Gasteiger partial charge in [-0.1, -0.05) is 54.1 Å². The Morgan fingerprint density at radius 2 is 1.71 bits per heavy atom. The van der Waals surface area contributed by atoms with Crippen LogP contribution in [0.3, 0.4) is 0 Å². The highest BCUT2D eigenvalue weighted by Gasteiger charge is 2.45. The molecule has 0 saturated carbocycles. The Hall–Kier alpha value is -3.26. The van der Waals surface area contributed by atoms with E-state index in [1.807, 2.05) is 31.3 Å². The van der Waals surface area contributed by atoms with Gasteiger partial charge in [-0.2, -0.15) is 0 Å². The SMILES string of the molecule is CNC1(CC2(c3ccccc3)CCN(Cc3cccc(Cl)c3)CC2)N=C(N)c2cc(OC)c(OC)cc2N1. The molecule has 3 aromatic rings. The topological polar surface area (TPSA) is 84.1 Å². The van der Waals surface area contributed by atoms with E-state index in [-0.39, 0.29) is 5.41 Å². The largest absolute Gasteiger partial charge is 0.493 e. The summed E-state index contributed by atoms with van der Waals surface area (Å²) < 4.78 is 11.1. The third-order valence-corrected chi connectivity index (χ3v) is 8.19. The Morgan fingerprint density at radius 1 is 1.00 bits per heavy atom. The molecule has 1 unspecified atom stereocenters. The number of anilines is 1. The number of nitrogens with zero attached hydrogens (tertiary/aromatic N) is 2. The average molecular weight is 534 g/mol. The minimum atomic E-state index is -0.776. The maximum Gasteiger partial charge on any atom is 0.187 e. The van der Waals surface area contributed by atoms with E-state index in [0.717, 1.165) is 55.2 Å². The number of amidine groups is 1. The van der Waals surface area contributed by atoms with E-state index in [9.17, 15) is 0 Å². The standard InChI is InChI=1S/C30H36ClN5O2/c1-33-30(34-25-18-27(38-3)26(37-2)17-24(25)28(32)35-30)20-29(22-9-5-4-6-10-22)12-14-36(15-13-29)19-21-8-7-11-23(31)16-21/h4-11,16-18,33-34H,12-15,19-20H2,1-3H3,(H2,32,35). The smallest absolute Gasteiger partial charge is 0.187 e. The zero-order valence-corrected chi connectivity index (χ0v) is 23.0. The molecule has 0 aromatic heterocycles. The highest BCUT2D eigenvalue weighted by atomic mass is 35.5. The number of aliphatic imine (C=N–C) groups is 1. The van der Waals surface area contributed by atoms with Crippen molar-refractivity contribution in [3.05, 3.63) is 88.4 Å². The molecule has 2 aliphatic rings. The van der Waals surface area contributed by atoms with Crippen LogP contribution in [0, 0.1) is 0 Å². The first-order valence-corrected chi connectivity index (χ1v) is 13.4. The van der Waals surface area contributed by atoms with E-state index in [0.29, 0.717) is 17.3 Å². The third kappa shape index (κ3) is 5.19. The number of piperidine rings is 1. The summed E-state index contributed by atoms with van der Waals surface area (Å²) in [5, 5.41) is 7.93. The van der Waals surface area contributed by atoms with Gasteiger partial charge in [-0.3, -0.25) is 10.2 Å². The van der Waals surface area contributed by atoms with Gasteiger partial charge in [0.15, 0.2) is 17.3 Å². The molecular weight excluding hydrogens is 498 g/mol. The number of halogens is 1. The lowest BCUT2D eigenvalue weighted by Gasteiger charge is -2.48. The number of nitrogens with one attached hydrogen (secondary N) is 2. The van der Waals surface area contributed by atoms with Gasteiger partial charge in [0.2, 0.25) is 0 Å². The number of hydrogen-bond acceptors (Lipinski definition) is 7. The number of benzene rings is 3. The van der Waals surface area contributed by atoms with Crippen molar-refractivity contribution in [3.63, 3.8) is 0 Å². The predicted molar refractivity (Wildman–Crippen MR) is 154 cm³/mol. The van der Waals surface area contributed by atoms with Gasteiger partial charge in [0.1, 0.15) is 5.84 Å². The zero-order chi connectivity index (χ0) is 26.8. The minimum Gasteiger partial charge on any atom is -0.493 e. The minimum absolute atomic E-state index is 0.0973. The van der Waals surface area contributed by atoms with Crippen LogP contribution in [-0.2, 0) is 12.0 Å². The molecule has 0 radical (unpaired) electrons. The van der Waals surface area contributed by atoms with Crippen LogP contribution in [0.15, 0.2) is 71.7 Å². The van der Waals surface area contributed by atoms with E-state index in [1.54, 1.807) is 14.2 Å². The summed E-state index contributed by atoms with van der Waals surface area (Å²) in [5.74, 6) is 0.957. The lowest BCUT2D eigenvalue weighted by atomic mass is 9.68. The molecule has 1 fully saturated rings. The lowest BCUT2D eigenvalue weighted by molar-refractivity contribution is 0.124. The first-order valence-electron chi connectivity index (χ1n) is 13.0. The Kier molecular flexibility index (Phi) is 7.52. The number of ether oxygens (including phenoxy) is 2. The molecule has 7 nitrogen and oxygen atoms in total. The number of rotatable bonds is 8. The molecular formula is C30H36ClN5O2. The molecule has 0 spiro atoms. The number of hydrogen-bond donors (Lipinski definition) is 3. The van der Waals surface area contributed by atoms with Gasteiger partial charge in [0.25, 0.3) is 0 Å². The molecule has 0 amide bonds. The van der Waals surface area contributed by atoms with Crippen molar-refractivity contribution in [2.24, 2.45) is 10.7 Å². The Balaban J connectivity index is 1.44. The molecule has 1 saturated heterocycles. The van der Waals surface area contributed by atoms with Crippen LogP contribution < -0.4 is 25.8 Å². The molecule has 1 atom stereocenters. The fraction of sp³-hybridized carbons (Fsp3) is 0.367. The van der Waals surface area contributed by atoms with Crippen LogP contribution >= 0.6 is 11.6 Å². The molecule has 38 heavy (non-hydrogen) atoms. The zero-order valence-electron chi connectivity index (χ0n) is 22.3. The predicted octanol–water partition coefficient (Wildman–Crippen LogP) is 4.99. The van der Waals surface area contributed by atoms with Crippen molar-refractivity contribution in [3.8, 4) is 11.5 Å². The van der Waals surface area contributed by atoms with E-state index in [2.05, 4.69) is 58.0 Å². The maximum absolute atomic E-state index is 6.57. The summed E-state index contributed by atoms with van der Waals surface area (Å²) in [5.41, 5.74) is 10.7. The second-order valence-corrected chi connectivity index (χ2v) is 10.7. The molecule has 3 aromatic carbocycles. The molecule has 8 heteroatoms. The molecule has 0 bridgehead atoms. The van der Waals surface area contributed by atoms with Crippen LogP contribution in [0.25, 0.3) is 0 Å². The van der Waals surface area contributed by atoms with Crippen molar-refractivity contribution in [1.82, 2.24) is 10.2 Å². The summed E-state index contributed by atoms with van der Waals surface area (Å²) >= 11 is 6.24. The number of nitrogens with two attached hydrogens (primary N) is 1. The molecule has 0 aliphatic carbocycles. The molecule has 2 heterocycles. The first-order chi connectivity index (χ1) is 18.4. The maximum atomic E-state index is 6.57. The molecule has 2 aliphatic heterocycles. The van der Waals surface area contributed by atoms with Gasteiger partial charge < -0.3 is 20.5 Å².